The summed E-state index contributed by atoms with van der Waals surface area (Å²) in [4.78, 5) is 30.5. The second-order valence-electron chi connectivity index (χ2n) is 6.31. The van der Waals surface area contributed by atoms with Crippen molar-refractivity contribution in [1.82, 2.24) is 9.88 Å². The molecule has 144 valence electrons. The molecule has 0 fully saturated rings. The number of para-hydroxylation sites is 1. The van der Waals surface area contributed by atoms with Crippen LogP contribution >= 0.6 is 11.3 Å². The molecule has 3 rings (SSSR count). The summed E-state index contributed by atoms with van der Waals surface area (Å²) in [5.74, 6) is -1.39. The van der Waals surface area contributed by atoms with E-state index >= 15 is 0 Å². The Morgan fingerprint density at radius 1 is 1.11 bits per heavy atom. The van der Waals surface area contributed by atoms with E-state index in [1.165, 1.54) is 22.3 Å². The molecule has 1 heterocycles. The number of amides is 1. The normalized spacial score (nSPS) is 10.5. The van der Waals surface area contributed by atoms with E-state index in [9.17, 15) is 14.7 Å². The summed E-state index contributed by atoms with van der Waals surface area (Å²) in [6.07, 6.45) is 0. The Bertz CT molecular complexity index is 985. The average molecular weight is 396 g/mol. The molecular formula is C21H20N2O4S. The maximum Gasteiger partial charge on any atom is 0.339 e. The van der Waals surface area contributed by atoms with E-state index in [1.54, 1.807) is 19.2 Å². The highest BCUT2D eigenvalue weighted by Gasteiger charge is 2.23. The second-order valence-corrected chi connectivity index (χ2v) is 7.25. The third kappa shape index (κ3) is 4.55. The van der Waals surface area contributed by atoms with Crippen LogP contribution in [0.1, 0.15) is 37.0 Å². The Morgan fingerprint density at radius 2 is 1.82 bits per heavy atom. The fourth-order valence-electron chi connectivity index (χ4n) is 2.71. The van der Waals surface area contributed by atoms with E-state index in [0.717, 1.165) is 16.3 Å². The number of carboxylic acid groups (broad SMARTS) is 1. The number of carboxylic acids is 1. The van der Waals surface area contributed by atoms with Crippen molar-refractivity contribution in [3.8, 4) is 5.75 Å². The molecule has 0 bridgehead atoms. The summed E-state index contributed by atoms with van der Waals surface area (Å²) in [6, 6.07) is 14.0. The number of aryl methyl sites for hydroxylation is 1. The second kappa shape index (κ2) is 8.67. The van der Waals surface area contributed by atoms with Crippen LogP contribution < -0.4 is 4.74 Å². The molecule has 0 aliphatic heterocycles. The van der Waals surface area contributed by atoms with Gasteiger partial charge in [-0.25, -0.2) is 9.78 Å². The molecule has 0 aliphatic rings. The number of rotatable bonds is 7. The van der Waals surface area contributed by atoms with Gasteiger partial charge >= 0.3 is 5.97 Å². The number of hydrogen-bond donors (Lipinski definition) is 1. The van der Waals surface area contributed by atoms with Gasteiger partial charge in [0.15, 0.2) is 0 Å². The Hall–Kier alpha value is -3.19. The van der Waals surface area contributed by atoms with E-state index in [-0.39, 0.29) is 29.4 Å². The molecule has 3 aromatic rings. The number of benzene rings is 2. The number of thiazole rings is 1. The van der Waals surface area contributed by atoms with Crippen molar-refractivity contribution >= 4 is 23.2 Å². The monoisotopic (exact) mass is 396 g/mol. The fourth-order valence-corrected chi connectivity index (χ4v) is 3.54. The topological polar surface area (TPSA) is 79.7 Å². The van der Waals surface area contributed by atoms with Gasteiger partial charge < -0.3 is 14.7 Å². The molecule has 1 N–H and O–H groups in total. The smallest absolute Gasteiger partial charge is 0.339 e. The molecule has 6 nitrogen and oxygen atoms in total. The van der Waals surface area contributed by atoms with Crippen LogP contribution in [0.25, 0.3) is 0 Å². The van der Waals surface area contributed by atoms with Gasteiger partial charge in [0.25, 0.3) is 5.91 Å². The van der Waals surface area contributed by atoms with Gasteiger partial charge in [0, 0.05) is 18.1 Å². The van der Waals surface area contributed by atoms with Crippen molar-refractivity contribution in [3.05, 3.63) is 81.3 Å². The lowest BCUT2D eigenvalue weighted by Gasteiger charge is -2.19. The number of hydrogen-bond acceptors (Lipinski definition) is 5. The lowest BCUT2D eigenvalue weighted by molar-refractivity contribution is 0.0691. The zero-order valence-electron chi connectivity index (χ0n) is 15.6. The molecule has 1 aromatic heterocycles. The summed E-state index contributed by atoms with van der Waals surface area (Å²) >= 11 is 1.48. The highest BCUT2D eigenvalue weighted by atomic mass is 32.1. The van der Waals surface area contributed by atoms with Crippen molar-refractivity contribution in [2.24, 2.45) is 0 Å². The largest absolute Gasteiger partial charge is 0.487 e. The average Bonchev–Trinajstić information content (AvgIpc) is 3.10. The first-order valence-corrected chi connectivity index (χ1v) is 9.53. The van der Waals surface area contributed by atoms with Gasteiger partial charge in [0.1, 0.15) is 22.9 Å². The summed E-state index contributed by atoms with van der Waals surface area (Å²) in [5.41, 5.74) is 1.96. The Balaban J connectivity index is 1.87. The van der Waals surface area contributed by atoms with Crippen LogP contribution in [0.3, 0.4) is 0 Å². The maximum atomic E-state index is 13.0. The van der Waals surface area contributed by atoms with Crippen LogP contribution in [-0.2, 0) is 13.2 Å². The summed E-state index contributed by atoms with van der Waals surface area (Å²) in [5, 5.41) is 12.3. The minimum absolute atomic E-state index is 0.0414. The minimum Gasteiger partial charge on any atom is -0.487 e. The van der Waals surface area contributed by atoms with Crippen molar-refractivity contribution in [1.29, 1.82) is 0 Å². The van der Waals surface area contributed by atoms with Crippen molar-refractivity contribution in [2.75, 3.05) is 7.05 Å². The maximum absolute atomic E-state index is 13.0. The molecule has 0 unspecified atom stereocenters. The third-order valence-corrected chi connectivity index (χ3v) is 5.04. The first-order chi connectivity index (χ1) is 13.5. The number of carbonyl (C=O) groups excluding carboxylic acids is 1. The van der Waals surface area contributed by atoms with Crippen molar-refractivity contribution < 1.29 is 19.4 Å². The predicted molar refractivity (Wildman–Crippen MR) is 107 cm³/mol. The van der Waals surface area contributed by atoms with Gasteiger partial charge in [-0.3, -0.25) is 4.79 Å². The van der Waals surface area contributed by atoms with Gasteiger partial charge in [-0.05, 0) is 24.6 Å². The summed E-state index contributed by atoms with van der Waals surface area (Å²) in [6.45, 7) is 2.40. The number of nitrogens with zero attached hydrogens (tertiary/aromatic N) is 2. The van der Waals surface area contributed by atoms with Gasteiger partial charge in [-0.15, -0.1) is 11.3 Å². The SMILES string of the molecule is Cc1csc(CN(C)C(=O)c2cccc(C(=O)O)c2OCc2ccccc2)n1. The number of aromatic nitrogens is 1. The Morgan fingerprint density at radius 3 is 2.46 bits per heavy atom. The molecule has 0 radical (unpaired) electrons. The van der Waals surface area contributed by atoms with Gasteiger partial charge in [0.2, 0.25) is 0 Å². The Kier molecular flexibility index (Phi) is 6.06. The highest BCUT2D eigenvalue weighted by molar-refractivity contribution is 7.09. The number of carbonyl (C=O) groups is 2. The number of ether oxygens (including phenoxy) is 1. The van der Waals surface area contributed by atoms with Gasteiger partial charge in [0.05, 0.1) is 12.1 Å². The van der Waals surface area contributed by atoms with E-state index < -0.39 is 5.97 Å². The standard InChI is InChI=1S/C21H20N2O4S/c1-14-13-28-18(22-14)11-23(2)20(24)16-9-6-10-17(21(25)26)19(16)27-12-15-7-4-3-5-8-15/h3-10,13H,11-12H2,1-2H3,(H,25,26). The number of aromatic carboxylic acids is 1. The molecule has 28 heavy (non-hydrogen) atoms. The predicted octanol–water partition coefficient (Wildman–Crippen LogP) is 4.00. The van der Waals surface area contributed by atoms with E-state index in [0.29, 0.717) is 6.54 Å². The van der Waals surface area contributed by atoms with E-state index in [2.05, 4.69) is 4.98 Å². The summed E-state index contributed by atoms with van der Waals surface area (Å²) < 4.78 is 5.80. The molecule has 1 amide bonds. The molecular weight excluding hydrogens is 376 g/mol. The molecule has 0 saturated heterocycles. The molecule has 0 spiro atoms. The minimum atomic E-state index is -1.14. The van der Waals surface area contributed by atoms with Crippen LogP contribution in [0, 0.1) is 6.92 Å². The van der Waals surface area contributed by atoms with Crippen LogP contribution in [0.15, 0.2) is 53.9 Å². The quantitative estimate of drug-likeness (QED) is 0.653. The van der Waals surface area contributed by atoms with Crippen LogP contribution in [0.4, 0.5) is 0 Å². The fraction of sp³-hybridized carbons (Fsp3) is 0.190. The lowest BCUT2D eigenvalue weighted by atomic mass is 10.1. The summed E-state index contributed by atoms with van der Waals surface area (Å²) in [7, 11) is 1.66. The lowest BCUT2D eigenvalue weighted by Crippen LogP contribution is -2.27. The van der Waals surface area contributed by atoms with Gasteiger partial charge in [-0.2, -0.15) is 0 Å². The molecule has 0 aliphatic carbocycles. The zero-order valence-corrected chi connectivity index (χ0v) is 16.4. The third-order valence-electron chi connectivity index (χ3n) is 4.09. The van der Waals surface area contributed by atoms with Crippen LogP contribution in [-0.4, -0.2) is 33.9 Å². The zero-order chi connectivity index (χ0) is 20.1. The Labute approximate surface area is 167 Å². The van der Waals surface area contributed by atoms with Crippen LogP contribution in [0.5, 0.6) is 5.75 Å². The first-order valence-electron chi connectivity index (χ1n) is 8.65. The van der Waals surface area contributed by atoms with Crippen molar-refractivity contribution in [2.45, 2.75) is 20.1 Å². The molecule has 2 aromatic carbocycles. The molecule has 0 atom stereocenters. The highest BCUT2D eigenvalue weighted by Crippen LogP contribution is 2.27. The van der Waals surface area contributed by atoms with Crippen molar-refractivity contribution in [3.63, 3.8) is 0 Å². The molecule has 7 heteroatoms. The van der Waals surface area contributed by atoms with Crippen LogP contribution in [0.2, 0.25) is 0 Å². The molecule has 0 saturated carbocycles. The van der Waals surface area contributed by atoms with E-state index in [1.807, 2.05) is 42.6 Å². The van der Waals surface area contributed by atoms with E-state index in [4.69, 9.17) is 4.74 Å². The van der Waals surface area contributed by atoms with Gasteiger partial charge in [-0.1, -0.05) is 36.4 Å². The first kappa shape index (κ1) is 19.6.